The summed E-state index contributed by atoms with van der Waals surface area (Å²) in [5.74, 6) is -0.493. The monoisotopic (exact) mass is 465 g/mol. The van der Waals surface area contributed by atoms with Gasteiger partial charge in [-0.15, -0.1) is 0 Å². The first-order valence-corrected chi connectivity index (χ1v) is 11.4. The third-order valence-electron chi connectivity index (χ3n) is 6.11. The maximum Gasteiger partial charge on any atom is 0.248 e. The van der Waals surface area contributed by atoms with Gasteiger partial charge >= 0.3 is 0 Å². The highest BCUT2D eigenvalue weighted by Gasteiger charge is 2.37. The number of carbonyl (C=O) groups is 2. The van der Waals surface area contributed by atoms with E-state index in [1.807, 2.05) is 43.4 Å². The van der Waals surface area contributed by atoms with E-state index in [1.54, 1.807) is 42.5 Å². The van der Waals surface area contributed by atoms with Crippen LogP contribution in [0.3, 0.4) is 0 Å². The van der Waals surface area contributed by atoms with Gasteiger partial charge in [0.05, 0.1) is 28.9 Å². The largest absolute Gasteiger partial charge is 0.397 e. The average molecular weight is 466 g/mol. The fraction of sp³-hybridized carbons (Fsp3) is 0.179. The van der Waals surface area contributed by atoms with Crippen molar-refractivity contribution in [2.45, 2.75) is 5.92 Å². The van der Waals surface area contributed by atoms with Crippen molar-refractivity contribution in [1.29, 1.82) is 5.26 Å². The number of likely N-dealkylation sites (tertiary alicyclic amines) is 1. The standard InChI is InChI=1S/C28H27N5O2/c1-33-17-23(24(18-33)28(35)31-22-6-4-5-20(15-22)16-29)21-12-9-19(10-13-21)11-14-27(34)32-26-8-3-2-7-25(26)30/h2-15,23-24H,17-18,30H2,1H3,(H,31,35)(H,32,34)/b14-11+. The number of amides is 2. The molecule has 4 N–H and O–H groups in total. The predicted molar refractivity (Wildman–Crippen MR) is 138 cm³/mol. The zero-order chi connectivity index (χ0) is 24.8. The summed E-state index contributed by atoms with van der Waals surface area (Å²) < 4.78 is 0. The van der Waals surface area contributed by atoms with Crippen molar-refractivity contribution >= 4 is 35.0 Å². The van der Waals surface area contributed by atoms with Crippen LogP contribution >= 0.6 is 0 Å². The first-order valence-electron chi connectivity index (χ1n) is 11.4. The van der Waals surface area contributed by atoms with Gasteiger partial charge in [-0.1, -0.05) is 42.5 Å². The number of carbonyl (C=O) groups excluding carboxylic acids is 2. The number of nitrogens with one attached hydrogen (secondary N) is 2. The number of para-hydroxylation sites is 2. The normalized spacial score (nSPS) is 17.7. The molecule has 1 saturated heterocycles. The van der Waals surface area contributed by atoms with Crippen LogP contribution in [0.1, 0.15) is 22.6 Å². The van der Waals surface area contributed by atoms with Crippen LogP contribution in [0.2, 0.25) is 0 Å². The lowest BCUT2D eigenvalue weighted by Gasteiger charge is -2.19. The van der Waals surface area contributed by atoms with Gasteiger partial charge in [-0.05, 0) is 54.6 Å². The molecule has 3 aromatic rings. The maximum absolute atomic E-state index is 13.1. The lowest BCUT2D eigenvalue weighted by molar-refractivity contribution is -0.119. The zero-order valence-electron chi connectivity index (χ0n) is 19.4. The molecular formula is C28H27N5O2. The fourth-order valence-corrected chi connectivity index (χ4v) is 4.32. The molecule has 1 aliphatic heterocycles. The number of hydrogen-bond donors (Lipinski definition) is 3. The second-order valence-corrected chi connectivity index (χ2v) is 8.69. The number of hydrogen-bond acceptors (Lipinski definition) is 5. The SMILES string of the molecule is CN1CC(C(=O)Nc2cccc(C#N)c2)C(c2ccc(/C=C/C(=O)Nc3ccccc3N)cc2)C1. The van der Waals surface area contributed by atoms with Crippen LogP contribution in [0.4, 0.5) is 17.1 Å². The number of likely N-dealkylation sites (N-methyl/N-ethyl adjacent to an activating group) is 1. The number of benzene rings is 3. The van der Waals surface area contributed by atoms with E-state index in [0.29, 0.717) is 29.2 Å². The molecule has 176 valence electrons. The highest BCUT2D eigenvalue weighted by Crippen LogP contribution is 2.33. The van der Waals surface area contributed by atoms with Gasteiger partial charge in [0, 0.05) is 30.8 Å². The molecule has 35 heavy (non-hydrogen) atoms. The van der Waals surface area contributed by atoms with E-state index < -0.39 is 0 Å². The fourth-order valence-electron chi connectivity index (χ4n) is 4.32. The van der Waals surface area contributed by atoms with Crippen molar-refractivity contribution < 1.29 is 9.59 Å². The van der Waals surface area contributed by atoms with Crippen molar-refractivity contribution in [3.63, 3.8) is 0 Å². The Bertz CT molecular complexity index is 1290. The molecule has 0 radical (unpaired) electrons. The highest BCUT2D eigenvalue weighted by molar-refractivity contribution is 6.03. The van der Waals surface area contributed by atoms with Gasteiger partial charge in [0.25, 0.3) is 0 Å². The Morgan fingerprint density at radius 3 is 2.54 bits per heavy atom. The number of nitrogen functional groups attached to an aromatic ring is 1. The van der Waals surface area contributed by atoms with Crippen molar-refractivity contribution in [3.8, 4) is 6.07 Å². The Morgan fingerprint density at radius 2 is 1.80 bits per heavy atom. The second-order valence-electron chi connectivity index (χ2n) is 8.69. The summed E-state index contributed by atoms with van der Waals surface area (Å²) in [5.41, 5.74) is 10.0. The molecule has 2 unspecified atom stereocenters. The van der Waals surface area contributed by atoms with Gasteiger partial charge in [0.15, 0.2) is 0 Å². The quantitative estimate of drug-likeness (QED) is 0.375. The summed E-state index contributed by atoms with van der Waals surface area (Å²) in [6, 6.07) is 24.0. The lowest BCUT2D eigenvalue weighted by atomic mass is 9.88. The molecule has 0 aromatic heterocycles. The van der Waals surface area contributed by atoms with Gasteiger partial charge in [-0.2, -0.15) is 5.26 Å². The third kappa shape index (κ3) is 5.94. The molecule has 3 aromatic carbocycles. The Balaban J connectivity index is 1.41. The summed E-state index contributed by atoms with van der Waals surface area (Å²) in [6.07, 6.45) is 3.21. The predicted octanol–water partition coefficient (Wildman–Crippen LogP) is 4.08. The van der Waals surface area contributed by atoms with Crippen molar-refractivity contribution in [3.05, 3.63) is 95.6 Å². The molecular weight excluding hydrogens is 438 g/mol. The van der Waals surface area contributed by atoms with Crippen molar-refractivity contribution in [1.82, 2.24) is 4.90 Å². The highest BCUT2D eigenvalue weighted by atomic mass is 16.2. The van der Waals surface area contributed by atoms with E-state index in [0.717, 1.165) is 17.7 Å². The number of nitriles is 1. The smallest absolute Gasteiger partial charge is 0.248 e. The molecule has 7 heteroatoms. The Kier molecular flexibility index (Phi) is 7.24. The van der Waals surface area contributed by atoms with Crippen LogP contribution in [0.25, 0.3) is 6.08 Å². The summed E-state index contributed by atoms with van der Waals surface area (Å²) in [6.45, 7) is 1.42. The van der Waals surface area contributed by atoms with E-state index in [1.165, 1.54) is 6.08 Å². The minimum absolute atomic E-state index is 0.0431. The Hall–Kier alpha value is -4.41. The number of anilines is 3. The molecule has 0 bridgehead atoms. The van der Waals surface area contributed by atoms with Gasteiger partial charge in [-0.3, -0.25) is 9.59 Å². The second kappa shape index (κ2) is 10.7. The minimum atomic E-state index is -0.262. The van der Waals surface area contributed by atoms with E-state index in [9.17, 15) is 9.59 Å². The maximum atomic E-state index is 13.1. The zero-order valence-corrected chi connectivity index (χ0v) is 19.4. The van der Waals surface area contributed by atoms with E-state index in [4.69, 9.17) is 11.0 Å². The Morgan fingerprint density at radius 1 is 1.03 bits per heavy atom. The van der Waals surface area contributed by atoms with Crippen LogP contribution in [0.15, 0.2) is 78.9 Å². The lowest BCUT2D eigenvalue weighted by Crippen LogP contribution is -2.28. The molecule has 7 nitrogen and oxygen atoms in total. The first-order chi connectivity index (χ1) is 16.9. The van der Waals surface area contributed by atoms with Crippen LogP contribution in [-0.2, 0) is 9.59 Å². The Labute approximate surface area is 204 Å². The van der Waals surface area contributed by atoms with E-state index in [2.05, 4.69) is 21.6 Å². The molecule has 0 aliphatic carbocycles. The number of nitrogens with zero attached hydrogens (tertiary/aromatic N) is 2. The number of rotatable bonds is 6. The van der Waals surface area contributed by atoms with Gasteiger partial charge in [0.2, 0.25) is 11.8 Å². The van der Waals surface area contributed by atoms with Gasteiger partial charge in [0.1, 0.15) is 0 Å². The average Bonchev–Trinajstić information content (AvgIpc) is 3.26. The first kappa shape index (κ1) is 23.7. The number of nitrogens with two attached hydrogens (primary N) is 1. The molecule has 1 aliphatic rings. The minimum Gasteiger partial charge on any atom is -0.397 e. The summed E-state index contributed by atoms with van der Waals surface area (Å²) in [4.78, 5) is 27.5. The van der Waals surface area contributed by atoms with Crippen molar-refractivity contribution in [2.24, 2.45) is 5.92 Å². The van der Waals surface area contributed by atoms with Crippen LogP contribution in [0, 0.1) is 17.2 Å². The van der Waals surface area contributed by atoms with Gasteiger partial charge < -0.3 is 21.3 Å². The molecule has 0 saturated carbocycles. The summed E-state index contributed by atoms with van der Waals surface area (Å²) in [5, 5.41) is 14.8. The summed E-state index contributed by atoms with van der Waals surface area (Å²) in [7, 11) is 2.01. The van der Waals surface area contributed by atoms with Crippen molar-refractivity contribution in [2.75, 3.05) is 36.5 Å². The third-order valence-corrected chi connectivity index (χ3v) is 6.11. The molecule has 0 spiro atoms. The van der Waals surface area contributed by atoms with Crippen LogP contribution in [-0.4, -0.2) is 36.9 Å². The molecule has 4 rings (SSSR count). The van der Waals surface area contributed by atoms with E-state index >= 15 is 0 Å². The molecule has 1 fully saturated rings. The van der Waals surface area contributed by atoms with E-state index in [-0.39, 0.29) is 23.7 Å². The topological polar surface area (TPSA) is 111 Å². The molecule has 1 heterocycles. The van der Waals surface area contributed by atoms with Crippen LogP contribution < -0.4 is 16.4 Å². The summed E-state index contributed by atoms with van der Waals surface area (Å²) >= 11 is 0. The molecule has 2 atom stereocenters. The van der Waals surface area contributed by atoms with Gasteiger partial charge in [-0.25, -0.2) is 0 Å². The molecule has 2 amide bonds. The van der Waals surface area contributed by atoms with Crippen LogP contribution in [0.5, 0.6) is 0 Å².